The maximum Gasteiger partial charge on any atom is 0.254 e. The van der Waals surface area contributed by atoms with Crippen LogP contribution in [-0.4, -0.2) is 61.9 Å². The van der Waals surface area contributed by atoms with Crippen LogP contribution in [0.3, 0.4) is 0 Å². The Labute approximate surface area is 186 Å². The van der Waals surface area contributed by atoms with Gasteiger partial charge in [-0.1, -0.05) is 23.7 Å². The molecule has 2 aromatic carbocycles. The molecule has 1 amide bonds. The quantitative estimate of drug-likeness (QED) is 0.574. The summed E-state index contributed by atoms with van der Waals surface area (Å²) in [5, 5.41) is 13.8. The van der Waals surface area contributed by atoms with Crippen molar-refractivity contribution in [2.24, 2.45) is 0 Å². The minimum absolute atomic E-state index is 0.276. The molecule has 0 spiro atoms. The van der Waals surface area contributed by atoms with Gasteiger partial charge in [-0.05, 0) is 36.6 Å². The summed E-state index contributed by atoms with van der Waals surface area (Å²) in [5.74, 6) is 0.288. The van der Waals surface area contributed by atoms with Gasteiger partial charge in [0.25, 0.3) is 5.91 Å². The first-order chi connectivity index (χ1) is 14.8. The lowest BCUT2D eigenvalue weighted by atomic mass is 9.94. The average Bonchev–Trinajstić information content (AvgIpc) is 3.13. The van der Waals surface area contributed by atoms with Crippen LogP contribution in [0, 0.1) is 5.82 Å². The van der Waals surface area contributed by atoms with Gasteiger partial charge >= 0.3 is 0 Å². The predicted molar refractivity (Wildman–Crippen MR) is 118 cm³/mol. The van der Waals surface area contributed by atoms with Crippen molar-refractivity contribution in [3.63, 3.8) is 0 Å². The number of rotatable bonds is 9. The second-order valence-electron chi connectivity index (χ2n) is 7.82. The van der Waals surface area contributed by atoms with Gasteiger partial charge in [-0.2, -0.15) is 0 Å². The van der Waals surface area contributed by atoms with E-state index < -0.39 is 5.60 Å². The van der Waals surface area contributed by atoms with Crippen LogP contribution in [0.5, 0.6) is 11.5 Å². The minimum Gasteiger partial charge on any atom is -0.495 e. The third-order valence-electron chi connectivity index (χ3n) is 5.46. The second kappa shape index (κ2) is 10.3. The van der Waals surface area contributed by atoms with E-state index in [4.69, 9.17) is 21.1 Å². The van der Waals surface area contributed by atoms with Crippen molar-refractivity contribution < 1.29 is 23.8 Å². The van der Waals surface area contributed by atoms with Crippen LogP contribution in [0.4, 0.5) is 4.39 Å². The summed E-state index contributed by atoms with van der Waals surface area (Å²) in [7, 11) is 3.05. The highest BCUT2D eigenvalue weighted by Crippen LogP contribution is 2.33. The SMILES string of the molecule is CNC(=O)c1cc(Cl)c(OC)cc1OCCCN1CCC(O)(Cc2ccc(F)cc2)C1. The highest BCUT2D eigenvalue weighted by Gasteiger charge is 2.35. The number of halogens is 2. The first-order valence-corrected chi connectivity index (χ1v) is 10.6. The Balaban J connectivity index is 1.51. The fourth-order valence-corrected chi connectivity index (χ4v) is 4.09. The van der Waals surface area contributed by atoms with Gasteiger partial charge in [0.1, 0.15) is 17.3 Å². The summed E-state index contributed by atoms with van der Waals surface area (Å²) in [6.07, 6.45) is 1.89. The van der Waals surface area contributed by atoms with E-state index in [1.807, 2.05) is 0 Å². The van der Waals surface area contributed by atoms with Crippen molar-refractivity contribution in [2.45, 2.75) is 24.9 Å². The molecule has 0 aliphatic carbocycles. The van der Waals surface area contributed by atoms with Crippen LogP contribution >= 0.6 is 11.6 Å². The van der Waals surface area contributed by atoms with Crippen LogP contribution in [0.25, 0.3) is 0 Å². The number of nitrogens with zero attached hydrogens (tertiary/aromatic N) is 1. The minimum atomic E-state index is -0.811. The number of aliphatic hydroxyl groups is 1. The molecule has 1 aliphatic rings. The molecule has 1 unspecified atom stereocenters. The van der Waals surface area contributed by atoms with Gasteiger partial charge in [0.2, 0.25) is 0 Å². The van der Waals surface area contributed by atoms with Gasteiger partial charge in [-0.3, -0.25) is 4.79 Å². The normalized spacial score (nSPS) is 18.7. The Hall–Kier alpha value is -2.35. The van der Waals surface area contributed by atoms with E-state index in [2.05, 4.69) is 10.2 Å². The van der Waals surface area contributed by atoms with Crippen molar-refractivity contribution in [1.29, 1.82) is 0 Å². The molecule has 1 heterocycles. The largest absolute Gasteiger partial charge is 0.495 e. The number of amides is 1. The van der Waals surface area contributed by atoms with Crippen LogP contribution < -0.4 is 14.8 Å². The van der Waals surface area contributed by atoms with E-state index in [1.165, 1.54) is 25.3 Å². The molecule has 2 aromatic rings. The summed E-state index contributed by atoms with van der Waals surface area (Å²) in [5.41, 5.74) is 0.463. The number of benzene rings is 2. The fraction of sp³-hybridized carbons (Fsp3) is 0.435. The smallest absolute Gasteiger partial charge is 0.254 e. The van der Waals surface area contributed by atoms with Crippen molar-refractivity contribution in [1.82, 2.24) is 10.2 Å². The van der Waals surface area contributed by atoms with Crippen LogP contribution in [0.15, 0.2) is 36.4 Å². The number of nitrogens with one attached hydrogen (secondary N) is 1. The zero-order chi connectivity index (χ0) is 22.4. The molecular formula is C23H28ClFN2O4. The molecule has 31 heavy (non-hydrogen) atoms. The number of β-amino-alcohol motifs (C(OH)–C–C–N with tert-alkyl or cyclic N) is 1. The zero-order valence-corrected chi connectivity index (χ0v) is 18.5. The van der Waals surface area contributed by atoms with Gasteiger partial charge in [-0.15, -0.1) is 0 Å². The van der Waals surface area contributed by atoms with Gasteiger partial charge in [0.15, 0.2) is 0 Å². The van der Waals surface area contributed by atoms with Crippen LogP contribution in [0.2, 0.25) is 5.02 Å². The molecular weight excluding hydrogens is 423 g/mol. The Morgan fingerprint density at radius 3 is 2.71 bits per heavy atom. The number of methoxy groups -OCH3 is 1. The van der Waals surface area contributed by atoms with Gasteiger partial charge in [0.05, 0.1) is 29.9 Å². The average molecular weight is 451 g/mol. The molecule has 3 rings (SSSR count). The van der Waals surface area contributed by atoms with Crippen molar-refractivity contribution in [2.75, 3.05) is 40.4 Å². The molecule has 1 atom stereocenters. The molecule has 168 valence electrons. The first kappa shape index (κ1) is 23.3. The van der Waals surface area contributed by atoms with Gasteiger partial charge in [-0.25, -0.2) is 4.39 Å². The molecule has 0 saturated carbocycles. The standard InChI is InChI=1S/C23H28ClFN2O4/c1-26-22(28)18-12-19(24)21(30-2)13-20(18)31-11-3-9-27-10-8-23(29,15-27)14-16-4-6-17(25)7-5-16/h4-7,12-13,29H,3,8-11,14-15H2,1-2H3,(H,26,28). The Bertz CT molecular complexity index is 909. The van der Waals surface area contributed by atoms with Gasteiger partial charge in [0, 0.05) is 39.2 Å². The highest BCUT2D eigenvalue weighted by molar-refractivity contribution is 6.32. The lowest BCUT2D eigenvalue weighted by Crippen LogP contribution is -2.36. The molecule has 0 aromatic heterocycles. The maximum atomic E-state index is 13.1. The highest BCUT2D eigenvalue weighted by atomic mass is 35.5. The summed E-state index contributed by atoms with van der Waals surface area (Å²) in [6, 6.07) is 9.42. The van der Waals surface area contributed by atoms with E-state index in [9.17, 15) is 14.3 Å². The molecule has 0 bridgehead atoms. The zero-order valence-electron chi connectivity index (χ0n) is 17.8. The van der Waals surface area contributed by atoms with E-state index in [1.54, 1.807) is 25.2 Å². The van der Waals surface area contributed by atoms with E-state index in [0.717, 1.165) is 25.1 Å². The number of carbonyl (C=O) groups is 1. The van der Waals surface area contributed by atoms with Gasteiger partial charge < -0.3 is 24.8 Å². The maximum absolute atomic E-state index is 13.1. The number of hydrogen-bond acceptors (Lipinski definition) is 5. The first-order valence-electron chi connectivity index (χ1n) is 10.2. The number of hydrogen-bond donors (Lipinski definition) is 2. The Morgan fingerprint density at radius 2 is 2.03 bits per heavy atom. The van der Waals surface area contributed by atoms with Crippen LogP contribution in [0.1, 0.15) is 28.8 Å². The molecule has 0 radical (unpaired) electrons. The number of carbonyl (C=O) groups excluding carboxylic acids is 1. The fourth-order valence-electron chi connectivity index (χ4n) is 3.85. The number of likely N-dealkylation sites (tertiary alicyclic amines) is 1. The molecule has 2 N–H and O–H groups in total. The number of ether oxygens (including phenoxy) is 2. The van der Waals surface area contributed by atoms with E-state index >= 15 is 0 Å². The second-order valence-corrected chi connectivity index (χ2v) is 8.22. The third-order valence-corrected chi connectivity index (χ3v) is 5.76. The predicted octanol–water partition coefficient (Wildman–Crippen LogP) is 3.30. The van der Waals surface area contributed by atoms with E-state index in [0.29, 0.717) is 48.1 Å². The molecule has 1 fully saturated rings. The molecule has 1 aliphatic heterocycles. The lowest BCUT2D eigenvalue weighted by molar-refractivity contribution is 0.0490. The molecule has 1 saturated heterocycles. The lowest BCUT2D eigenvalue weighted by Gasteiger charge is -2.23. The topological polar surface area (TPSA) is 71.0 Å². The summed E-state index contributed by atoms with van der Waals surface area (Å²) in [4.78, 5) is 14.3. The summed E-state index contributed by atoms with van der Waals surface area (Å²) >= 11 is 6.13. The van der Waals surface area contributed by atoms with Crippen molar-refractivity contribution >= 4 is 17.5 Å². The summed E-state index contributed by atoms with van der Waals surface area (Å²) < 4.78 is 24.2. The van der Waals surface area contributed by atoms with E-state index in [-0.39, 0.29) is 11.7 Å². The Kier molecular flexibility index (Phi) is 7.75. The molecule has 8 heteroatoms. The Morgan fingerprint density at radius 1 is 1.29 bits per heavy atom. The summed E-state index contributed by atoms with van der Waals surface area (Å²) in [6.45, 7) is 2.51. The van der Waals surface area contributed by atoms with Crippen molar-refractivity contribution in [3.8, 4) is 11.5 Å². The monoisotopic (exact) mass is 450 g/mol. The third kappa shape index (κ3) is 6.09. The van der Waals surface area contributed by atoms with Crippen LogP contribution in [-0.2, 0) is 6.42 Å². The molecule has 6 nitrogen and oxygen atoms in total. The van der Waals surface area contributed by atoms with Crippen molar-refractivity contribution in [3.05, 3.63) is 58.4 Å².